The Morgan fingerprint density at radius 1 is 0.872 bits per heavy atom. The first-order valence-corrected chi connectivity index (χ1v) is 15.2. The van der Waals surface area contributed by atoms with Crippen LogP contribution >= 0.6 is 0 Å². The standard InChI is InChI=1S/C24H34O3.C9H12.C3H8/c1-6-8-19(20(7-2)22(26)11-17(5)25)12-18-13-21-15(3)9-10-16(4)24(21)23(27)14-18;1-3-9-6-4-8(2)5-7-9;1-3-2/h9-10,18-20H,6-8,11-14H2,1-5H3;4-7H,3H2,1-2H3;3H2,1-2H3. The van der Waals surface area contributed by atoms with Crippen LogP contribution in [0.2, 0.25) is 0 Å². The average molecular weight is 535 g/mol. The monoisotopic (exact) mass is 534 g/mol. The fourth-order valence-electron chi connectivity index (χ4n) is 5.72. The summed E-state index contributed by atoms with van der Waals surface area (Å²) in [7, 11) is 0. The minimum absolute atomic E-state index is 0.0451. The summed E-state index contributed by atoms with van der Waals surface area (Å²) < 4.78 is 0. The fourth-order valence-corrected chi connectivity index (χ4v) is 5.72. The normalized spacial score (nSPS) is 15.6. The summed E-state index contributed by atoms with van der Waals surface area (Å²) in [6, 6.07) is 12.8. The number of rotatable bonds is 10. The molecule has 3 unspecified atom stereocenters. The zero-order chi connectivity index (χ0) is 29.5. The molecule has 39 heavy (non-hydrogen) atoms. The van der Waals surface area contributed by atoms with Crippen LogP contribution < -0.4 is 0 Å². The van der Waals surface area contributed by atoms with Crippen molar-refractivity contribution in [2.45, 2.75) is 120 Å². The van der Waals surface area contributed by atoms with Gasteiger partial charge < -0.3 is 0 Å². The molecule has 2 aromatic rings. The Balaban J connectivity index is 0.000000524. The second-order valence-corrected chi connectivity index (χ2v) is 11.4. The highest BCUT2D eigenvalue weighted by Gasteiger charge is 2.33. The van der Waals surface area contributed by atoms with Crippen molar-refractivity contribution in [3.8, 4) is 0 Å². The van der Waals surface area contributed by atoms with Crippen LogP contribution in [0.5, 0.6) is 0 Å². The van der Waals surface area contributed by atoms with Crippen molar-refractivity contribution in [1.82, 2.24) is 0 Å². The number of carbonyl (C=O) groups is 3. The van der Waals surface area contributed by atoms with Gasteiger partial charge >= 0.3 is 0 Å². The summed E-state index contributed by atoms with van der Waals surface area (Å²) in [4.78, 5) is 36.9. The molecule has 0 saturated carbocycles. The van der Waals surface area contributed by atoms with Gasteiger partial charge in [-0.3, -0.25) is 14.4 Å². The maximum Gasteiger partial charge on any atom is 0.163 e. The molecule has 0 spiro atoms. The average Bonchev–Trinajstić information content (AvgIpc) is 2.87. The molecule has 1 aliphatic rings. The predicted octanol–water partition coefficient (Wildman–Crippen LogP) is 9.40. The van der Waals surface area contributed by atoms with Gasteiger partial charge in [0.15, 0.2) is 5.78 Å². The molecule has 0 fully saturated rings. The lowest BCUT2D eigenvalue weighted by Crippen LogP contribution is -2.30. The lowest BCUT2D eigenvalue weighted by Gasteiger charge is -2.32. The first-order valence-electron chi connectivity index (χ1n) is 15.2. The number of hydrogen-bond donors (Lipinski definition) is 0. The van der Waals surface area contributed by atoms with Crippen molar-refractivity contribution in [2.24, 2.45) is 17.8 Å². The highest BCUT2D eigenvalue weighted by molar-refractivity contribution is 6.00. The Kier molecular flexibility index (Phi) is 15.8. The number of benzene rings is 2. The number of Topliss-reactive ketones (excluding diaryl/α,β-unsaturated/α-hetero) is 3. The van der Waals surface area contributed by atoms with Gasteiger partial charge in [-0.2, -0.15) is 0 Å². The van der Waals surface area contributed by atoms with Crippen molar-refractivity contribution in [3.05, 3.63) is 69.8 Å². The second-order valence-electron chi connectivity index (χ2n) is 11.4. The molecule has 0 saturated heterocycles. The molecule has 1 aliphatic carbocycles. The van der Waals surface area contributed by atoms with E-state index in [4.69, 9.17) is 0 Å². The van der Waals surface area contributed by atoms with Crippen LogP contribution in [0.1, 0.15) is 125 Å². The van der Waals surface area contributed by atoms with Crippen molar-refractivity contribution < 1.29 is 14.4 Å². The summed E-state index contributed by atoms with van der Waals surface area (Å²) in [5.41, 5.74) is 7.16. The Bertz CT molecular complexity index is 1050. The maximum absolute atomic E-state index is 12.8. The van der Waals surface area contributed by atoms with Crippen molar-refractivity contribution in [1.29, 1.82) is 0 Å². The van der Waals surface area contributed by atoms with Gasteiger partial charge in [-0.25, -0.2) is 0 Å². The molecular weight excluding hydrogens is 480 g/mol. The van der Waals surface area contributed by atoms with Crippen LogP contribution in [0, 0.1) is 38.5 Å². The third-order valence-corrected chi connectivity index (χ3v) is 7.67. The molecule has 216 valence electrons. The van der Waals surface area contributed by atoms with E-state index in [1.807, 2.05) is 19.9 Å². The number of aryl methyl sites for hydroxylation is 4. The molecule has 0 aliphatic heterocycles. The molecule has 0 radical (unpaired) electrons. The van der Waals surface area contributed by atoms with Crippen molar-refractivity contribution in [3.63, 3.8) is 0 Å². The van der Waals surface area contributed by atoms with E-state index in [1.165, 1.54) is 35.6 Å². The lowest BCUT2D eigenvalue weighted by molar-refractivity contribution is -0.129. The SMILES string of the molecule is CCC.CCCC(CC1CC(=O)c2c(C)ccc(C)c2C1)C(CC)C(=O)CC(C)=O.CCc1ccc(C)cc1. The van der Waals surface area contributed by atoms with Gasteiger partial charge in [0.05, 0.1) is 6.42 Å². The second kappa shape index (κ2) is 17.9. The van der Waals surface area contributed by atoms with E-state index in [1.54, 1.807) is 0 Å². The number of carbonyl (C=O) groups excluding carboxylic acids is 3. The molecule has 0 aromatic heterocycles. The Labute approximate surface area is 239 Å². The zero-order valence-corrected chi connectivity index (χ0v) is 26.3. The van der Waals surface area contributed by atoms with Gasteiger partial charge in [-0.15, -0.1) is 0 Å². The van der Waals surface area contributed by atoms with Crippen LogP contribution in [-0.4, -0.2) is 17.3 Å². The predicted molar refractivity (Wildman–Crippen MR) is 166 cm³/mol. The molecular formula is C36H54O3. The van der Waals surface area contributed by atoms with Crippen molar-refractivity contribution in [2.75, 3.05) is 0 Å². The number of hydrogen-bond acceptors (Lipinski definition) is 3. The van der Waals surface area contributed by atoms with Gasteiger partial charge in [0.1, 0.15) is 11.6 Å². The molecule has 2 aromatic carbocycles. The highest BCUT2D eigenvalue weighted by atomic mass is 16.1. The van der Waals surface area contributed by atoms with Crippen LogP contribution in [0.25, 0.3) is 0 Å². The van der Waals surface area contributed by atoms with Gasteiger partial charge in [-0.05, 0) is 87.5 Å². The van der Waals surface area contributed by atoms with Gasteiger partial charge in [-0.1, -0.05) is 95.8 Å². The molecule has 3 heteroatoms. The largest absolute Gasteiger partial charge is 0.300 e. The Morgan fingerprint density at radius 2 is 1.46 bits per heavy atom. The van der Waals surface area contributed by atoms with Crippen LogP contribution in [0.4, 0.5) is 0 Å². The minimum atomic E-state index is -0.0658. The van der Waals surface area contributed by atoms with E-state index in [-0.39, 0.29) is 35.6 Å². The summed E-state index contributed by atoms with van der Waals surface area (Å²) in [6.07, 6.45) is 7.60. The molecule has 0 bridgehead atoms. The van der Waals surface area contributed by atoms with E-state index >= 15 is 0 Å². The maximum atomic E-state index is 12.8. The van der Waals surface area contributed by atoms with Gasteiger partial charge in [0.2, 0.25) is 0 Å². The van der Waals surface area contributed by atoms with Crippen LogP contribution in [0.3, 0.4) is 0 Å². The summed E-state index contributed by atoms with van der Waals surface area (Å²) in [5.74, 6) is 0.766. The Morgan fingerprint density at radius 3 is 1.97 bits per heavy atom. The number of fused-ring (bicyclic) bond motifs is 1. The van der Waals surface area contributed by atoms with E-state index in [0.29, 0.717) is 12.3 Å². The molecule has 0 heterocycles. The smallest absolute Gasteiger partial charge is 0.163 e. The van der Waals surface area contributed by atoms with E-state index < -0.39 is 0 Å². The highest BCUT2D eigenvalue weighted by Crippen LogP contribution is 2.37. The molecule has 3 rings (SSSR count). The quantitative estimate of drug-likeness (QED) is 0.285. The first-order chi connectivity index (χ1) is 18.5. The summed E-state index contributed by atoms with van der Waals surface area (Å²) in [5, 5.41) is 0. The van der Waals surface area contributed by atoms with Crippen LogP contribution in [-0.2, 0) is 22.4 Å². The molecule has 0 N–H and O–H groups in total. The Hall–Kier alpha value is -2.55. The van der Waals surface area contributed by atoms with Gasteiger partial charge in [0, 0.05) is 17.9 Å². The molecule has 3 atom stereocenters. The van der Waals surface area contributed by atoms with E-state index in [9.17, 15) is 14.4 Å². The fraction of sp³-hybridized carbons (Fsp3) is 0.583. The van der Waals surface area contributed by atoms with Gasteiger partial charge in [0.25, 0.3) is 0 Å². The molecule has 3 nitrogen and oxygen atoms in total. The minimum Gasteiger partial charge on any atom is -0.300 e. The van der Waals surface area contributed by atoms with E-state index in [2.05, 4.69) is 71.9 Å². The molecule has 0 amide bonds. The number of ketones is 3. The third kappa shape index (κ3) is 11.2. The lowest BCUT2D eigenvalue weighted by atomic mass is 9.71. The van der Waals surface area contributed by atoms with Crippen molar-refractivity contribution >= 4 is 17.3 Å². The van der Waals surface area contributed by atoms with Crippen LogP contribution in [0.15, 0.2) is 36.4 Å². The summed E-state index contributed by atoms with van der Waals surface area (Å²) >= 11 is 0. The third-order valence-electron chi connectivity index (χ3n) is 7.67. The topological polar surface area (TPSA) is 51.2 Å². The summed E-state index contributed by atoms with van der Waals surface area (Å²) in [6.45, 7) is 18.3. The first kappa shape index (κ1) is 34.5. The zero-order valence-electron chi connectivity index (χ0n) is 26.3. The van der Waals surface area contributed by atoms with E-state index in [0.717, 1.165) is 49.7 Å².